The Bertz CT molecular complexity index is 1390. The number of nitrogens with zero attached hydrogens (tertiary/aromatic N) is 4. The van der Waals surface area contributed by atoms with Gasteiger partial charge in [0.1, 0.15) is 6.17 Å². The Kier molecular flexibility index (Phi) is 7.09. The number of hydrogen-bond donors (Lipinski definition) is 2. The number of carbonyl (C=O) groups excluding carboxylic acids is 2. The number of urea groups is 1. The van der Waals surface area contributed by atoms with Gasteiger partial charge in [0.2, 0.25) is 11.7 Å². The molecule has 2 aliphatic carbocycles. The van der Waals surface area contributed by atoms with E-state index in [1.807, 2.05) is 28.8 Å². The van der Waals surface area contributed by atoms with E-state index >= 15 is 0 Å². The third kappa shape index (κ3) is 5.17. The van der Waals surface area contributed by atoms with Crippen LogP contribution in [0.25, 0.3) is 11.0 Å². The van der Waals surface area contributed by atoms with Crippen LogP contribution in [0.15, 0.2) is 41.3 Å². The standard InChI is InChI=1S/C32H42N6O3/c1-20(39)33-29-12-13-36(32(41)35-29)30-31(40)38(28-11-3-2-10-27(28)34-30)26-17-24-8-5-9-25(18-26)37(24)19-23-15-21-6-4-7-22(14-21)16-23/h2-3,10-13,21-26,29H,4-9,14-19H2,1H3,(H,33,39)(H,35,41)/t21-,22+,23+,24-,25+,26+,29?. The highest BCUT2D eigenvalue weighted by atomic mass is 16.2. The first-order valence-corrected chi connectivity index (χ1v) is 15.7. The molecule has 2 saturated heterocycles. The zero-order valence-corrected chi connectivity index (χ0v) is 24.0. The molecule has 0 spiro atoms. The third-order valence-corrected chi connectivity index (χ3v) is 10.4. The Morgan fingerprint density at radius 2 is 1.66 bits per heavy atom. The Balaban J connectivity index is 1.17. The van der Waals surface area contributed by atoms with E-state index in [-0.39, 0.29) is 23.3 Å². The summed E-state index contributed by atoms with van der Waals surface area (Å²) in [6.07, 6.45) is 16.7. The van der Waals surface area contributed by atoms with Crippen LogP contribution in [0.4, 0.5) is 10.6 Å². The van der Waals surface area contributed by atoms with Crippen LogP contribution in [-0.2, 0) is 4.79 Å². The second-order valence-corrected chi connectivity index (χ2v) is 13.2. The highest BCUT2D eigenvalue weighted by Crippen LogP contribution is 2.45. The van der Waals surface area contributed by atoms with Crippen LogP contribution in [0, 0.1) is 17.8 Å². The van der Waals surface area contributed by atoms with E-state index in [9.17, 15) is 14.4 Å². The van der Waals surface area contributed by atoms with E-state index in [0.29, 0.717) is 17.6 Å². The van der Waals surface area contributed by atoms with Gasteiger partial charge < -0.3 is 15.2 Å². The van der Waals surface area contributed by atoms with Gasteiger partial charge >= 0.3 is 6.03 Å². The molecule has 2 saturated carbocycles. The Morgan fingerprint density at radius 3 is 2.37 bits per heavy atom. The van der Waals surface area contributed by atoms with Crippen molar-refractivity contribution in [3.63, 3.8) is 0 Å². The van der Waals surface area contributed by atoms with Gasteiger partial charge in [-0.3, -0.25) is 14.5 Å². The van der Waals surface area contributed by atoms with E-state index in [0.717, 1.165) is 36.1 Å². The number of benzene rings is 1. The zero-order chi connectivity index (χ0) is 28.1. The predicted octanol–water partition coefficient (Wildman–Crippen LogP) is 4.68. The molecule has 7 atom stereocenters. The number of aromatic nitrogens is 2. The van der Waals surface area contributed by atoms with Gasteiger partial charge in [-0.15, -0.1) is 0 Å². The fourth-order valence-corrected chi connectivity index (χ4v) is 8.90. The van der Waals surface area contributed by atoms with Crippen LogP contribution >= 0.6 is 0 Å². The molecule has 2 N–H and O–H groups in total. The number of rotatable bonds is 5. The molecule has 218 valence electrons. The summed E-state index contributed by atoms with van der Waals surface area (Å²) in [5.41, 5.74) is 1.29. The minimum absolute atomic E-state index is 0.0652. The molecule has 0 radical (unpaired) electrons. The van der Waals surface area contributed by atoms with Crippen molar-refractivity contribution in [2.24, 2.45) is 17.8 Å². The Hall–Kier alpha value is -3.20. The van der Waals surface area contributed by atoms with Crippen molar-refractivity contribution in [3.05, 3.63) is 46.9 Å². The number of carbonyl (C=O) groups is 2. The third-order valence-electron chi connectivity index (χ3n) is 10.4. The topological polar surface area (TPSA) is 99.6 Å². The molecule has 3 aliphatic heterocycles. The first-order chi connectivity index (χ1) is 19.9. The second kappa shape index (κ2) is 10.9. The average molecular weight is 559 g/mol. The van der Waals surface area contributed by atoms with Gasteiger partial charge in [-0.1, -0.05) is 37.8 Å². The number of piperidine rings is 2. The Morgan fingerprint density at radius 1 is 0.951 bits per heavy atom. The van der Waals surface area contributed by atoms with E-state index in [2.05, 4.69) is 20.5 Å². The molecule has 7 rings (SSSR count). The average Bonchev–Trinajstić information content (AvgIpc) is 2.93. The van der Waals surface area contributed by atoms with Crippen LogP contribution < -0.4 is 21.1 Å². The number of para-hydroxylation sites is 2. The van der Waals surface area contributed by atoms with Gasteiger partial charge in [0.05, 0.1) is 11.0 Å². The maximum Gasteiger partial charge on any atom is 0.329 e. The fourth-order valence-electron chi connectivity index (χ4n) is 8.90. The first-order valence-electron chi connectivity index (χ1n) is 15.7. The van der Waals surface area contributed by atoms with E-state index in [1.54, 1.807) is 12.3 Å². The van der Waals surface area contributed by atoms with Crippen LogP contribution in [0.2, 0.25) is 0 Å². The maximum atomic E-state index is 14.2. The second-order valence-electron chi connectivity index (χ2n) is 13.2. The largest absolute Gasteiger partial charge is 0.333 e. The fraction of sp³-hybridized carbons (Fsp3) is 0.625. The van der Waals surface area contributed by atoms with Crippen molar-refractivity contribution in [2.75, 3.05) is 11.4 Å². The van der Waals surface area contributed by atoms with Crippen LogP contribution in [0.3, 0.4) is 0 Å². The van der Waals surface area contributed by atoms with Crippen molar-refractivity contribution in [2.45, 2.75) is 102 Å². The molecule has 4 heterocycles. The Labute approximate surface area is 241 Å². The quantitative estimate of drug-likeness (QED) is 0.555. The molecule has 1 unspecified atom stereocenters. The molecule has 1 aromatic heterocycles. The maximum absolute atomic E-state index is 14.2. The summed E-state index contributed by atoms with van der Waals surface area (Å²) in [7, 11) is 0. The van der Waals surface area contributed by atoms with Crippen molar-refractivity contribution in [1.82, 2.24) is 25.1 Å². The minimum Gasteiger partial charge on any atom is -0.333 e. The first kappa shape index (κ1) is 26.7. The lowest BCUT2D eigenvalue weighted by Crippen LogP contribution is -2.55. The lowest BCUT2D eigenvalue weighted by molar-refractivity contribution is -0.119. The summed E-state index contributed by atoms with van der Waals surface area (Å²) in [5.74, 6) is 2.56. The summed E-state index contributed by atoms with van der Waals surface area (Å²) in [6.45, 7) is 2.62. The van der Waals surface area contributed by atoms with E-state index < -0.39 is 12.2 Å². The number of nitrogens with one attached hydrogen (secondary N) is 2. The number of anilines is 1. The lowest BCUT2D eigenvalue weighted by Gasteiger charge is -2.51. The summed E-state index contributed by atoms with van der Waals surface area (Å²) in [6, 6.07) is 8.34. The van der Waals surface area contributed by atoms with Crippen molar-refractivity contribution in [1.29, 1.82) is 0 Å². The molecule has 4 bridgehead atoms. The molecular weight excluding hydrogens is 516 g/mol. The number of fused-ring (bicyclic) bond motifs is 5. The molecule has 41 heavy (non-hydrogen) atoms. The van der Waals surface area contributed by atoms with Crippen LogP contribution in [-0.4, -0.2) is 51.2 Å². The van der Waals surface area contributed by atoms with Gasteiger partial charge in [0.25, 0.3) is 5.56 Å². The van der Waals surface area contributed by atoms with Crippen molar-refractivity contribution >= 4 is 28.8 Å². The smallest absolute Gasteiger partial charge is 0.329 e. The number of hydrogen-bond acceptors (Lipinski definition) is 5. The number of amides is 3. The predicted molar refractivity (Wildman–Crippen MR) is 158 cm³/mol. The lowest BCUT2D eigenvalue weighted by atomic mass is 9.67. The summed E-state index contributed by atoms with van der Waals surface area (Å²) < 4.78 is 1.94. The van der Waals surface area contributed by atoms with Crippen molar-refractivity contribution < 1.29 is 9.59 Å². The van der Waals surface area contributed by atoms with E-state index in [4.69, 9.17) is 0 Å². The summed E-state index contributed by atoms with van der Waals surface area (Å²) in [4.78, 5) is 47.5. The minimum atomic E-state index is -0.619. The van der Waals surface area contributed by atoms with Crippen molar-refractivity contribution in [3.8, 4) is 0 Å². The highest BCUT2D eigenvalue weighted by Gasteiger charge is 2.42. The molecule has 4 fully saturated rings. The molecule has 5 aliphatic rings. The summed E-state index contributed by atoms with van der Waals surface area (Å²) >= 11 is 0. The van der Waals surface area contributed by atoms with E-state index in [1.165, 1.54) is 76.2 Å². The van der Waals surface area contributed by atoms with Gasteiger partial charge in [-0.2, -0.15) is 0 Å². The molecule has 9 nitrogen and oxygen atoms in total. The van der Waals surface area contributed by atoms with Crippen LogP contribution in [0.1, 0.15) is 83.6 Å². The van der Waals surface area contributed by atoms with Gasteiger partial charge in [-0.05, 0) is 80.9 Å². The van der Waals surface area contributed by atoms with Crippen LogP contribution in [0.5, 0.6) is 0 Å². The molecule has 1 aromatic carbocycles. The monoisotopic (exact) mass is 558 g/mol. The zero-order valence-electron chi connectivity index (χ0n) is 24.0. The van der Waals surface area contributed by atoms with Gasteiger partial charge in [0, 0.05) is 37.8 Å². The molecule has 3 amide bonds. The van der Waals surface area contributed by atoms with Gasteiger partial charge in [-0.25, -0.2) is 14.7 Å². The van der Waals surface area contributed by atoms with Gasteiger partial charge in [0.15, 0.2) is 0 Å². The highest BCUT2D eigenvalue weighted by molar-refractivity contribution is 5.95. The normalized spacial score (nSPS) is 33.4. The SMILES string of the molecule is CC(=O)NC1C=CN(c2nc3ccccc3n([C@H]3C[C@H]4CCC[C@@H](C3)N4C[C@H]3C[C@@H]4CCC[C@@H](C4)C3)c2=O)C(=O)N1. The summed E-state index contributed by atoms with van der Waals surface area (Å²) in [5, 5.41) is 5.40. The molecule has 9 heteroatoms. The molecule has 2 aromatic rings. The molecular formula is C32H42N6O3.